The van der Waals surface area contributed by atoms with Crippen LogP contribution in [0.15, 0.2) is 90.2 Å². The predicted molar refractivity (Wildman–Crippen MR) is 153 cm³/mol. The highest BCUT2D eigenvalue weighted by Gasteiger charge is 2.17. The lowest BCUT2D eigenvalue weighted by molar-refractivity contribution is -0.113. The van der Waals surface area contributed by atoms with Crippen molar-refractivity contribution in [3.8, 4) is 11.4 Å². The van der Waals surface area contributed by atoms with Crippen molar-refractivity contribution in [3.63, 3.8) is 0 Å². The molecule has 1 amide bonds. The first-order valence-electron chi connectivity index (χ1n) is 11.5. The fourth-order valence-corrected chi connectivity index (χ4v) is 5.53. The summed E-state index contributed by atoms with van der Waals surface area (Å²) in [7, 11) is 0. The van der Waals surface area contributed by atoms with Crippen molar-refractivity contribution >= 4 is 57.3 Å². The number of nitrogens with zero attached hydrogens (tertiary/aromatic N) is 4. The van der Waals surface area contributed by atoms with Crippen molar-refractivity contribution in [1.82, 2.24) is 19.7 Å². The number of halogens is 2. The van der Waals surface area contributed by atoms with Crippen LogP contribution < -0.4 is 10.1 Å². The quantitative estimate of drug-likeness (QED) is 0.180. The van der Waals surface area contributed by atoms with Gasteiger partial charge in [-0.25, -0.2) is 4.98 Å². The van der Waals surface area contributed by atoms with Crippen LogP contribution in [0.1, 0.15) is 16.3 Å². The van der Waals surface area contributed by atoms with Crippen LogP contribution in [0.3, 0.4) is 0 Å². The molecule has 0 unspecified atom stereocenters. The van der Waals surface area contributed by atoms with Crippen molar-refractivity contribution in [2.75, 3.05) is 11.1 Å². The molecule has 2 aromatic heterocycles. The number of thiazole rings is 1. The molecule has 0 radical (unpaired) electrons. The lowest BCUT2D eigenvalue weighted by atomic mass is 10.1. The van der Waals surface area contributed by atoms with E-state index in [1.165, 1.54) is 23.1 Å². The van der Waals surface area contributed by atoms with Gasteiger partial charge in [-0.2, -0.15) is 0 Å². The Morgan fingerprint density at radius 1 is 0.974 bits per heavy atom. The van der Waals surface area contributed by atoms with Crippen molar-refractivity contribution in [2.45, 2.75) is 18.2 Å². The molecule has 0 aliphatic rings. The Balaban J connectivity index is 1.22. The van der Waals surface area contributed by atoms with E-state index in [1.54, 1.807) is 12.3 Å². The first kappa shape index (κ1) is 26.2. The maximum absolute atomic E-state index is 12.7. The van der Waals surface area contributed by atoms with Gasteiger partial charge >= 0.3 is 0 Å². The summed E-state index contributed by atoms with van der Waals surface area (Å²) >= 11 is 14.8. The molecular formula is C27H21Cl2N5O2S2. The average Bonchev–Trinajstić information content (AvgIpc) is 3.55. The van der Waals surface area contributed by atoms with Gasteiger partial charge in [-0.15, -0.1) is 21.5 Å². The van der Waals surface area contributed by atoms with Gasteiger partial charge in [0.15, 0.2) is 16.1 Å². The minimum atomic E-state index is -0.185. The summed E-state index contributed by atoms with van der Waals surface area (Å²) in [5.41, 5.74) is 1.91. The lowest BCUT2D eigenvalue weighted by Gasteiger charge is -2.11. The average molecular weight is 583 g/mol. The number of carbonyl (C=O) groups is 1. The second kappa shape index (κ2) is 12.4. The van der Waals surface area contributed by atoms with Crippen LogP contribution in [-0.4, -0.2) is 31.4 Å². The normalized spacial score (nSPS) is 10.9. The minimum Gasteiger partial charge on any atom is -0.486 e. The van der Waals surface area contributed by atoms with Gasteiger partial charge in [-0.3, -0.25) is 9.36 Å². The van der Waals surface area contributed by atoms with E-state index < -0.39 is 0 Å². The number of hydrogen-bond donors (Lipinski definition) is 1. The number of nitrogens with one attached hydrogen (secondary N) is 1. The Hall–Kier alpha value is -3.37. The zero-order valence-electron chi connectivity index (χ0n) is 19.9. The number of ether oxygens (including phenoxy) is 1. The molecule has 1 N–H and O–H groups in total. The molecule has 2 heterocycles. The van der Waals surface area contributed by atoms with Crippen LogP contribution in [0.25, 0.3) is 5.69 Å². The second-order valence-electron chi connectivity index (χ2n) is 8.07. The molecule has 192 valence electrons. The van der Waals surface area contributed by atoms with Crippen molar-refractivity contribution < 1.29 is 9.53 Å². The molecular weight excluding hydrogens is 561 g/mol. The van der Waals surface area contributed by atoms with Gasteiger partial charge in [0.25, 0.3) is 0 Å². The number of carbonyl (C=O) groups excluding carboxylic acids is 1. The molecule has 0 saturated heterocycles. The first-order chi connectivity index (χ1) is 18.5. The van der Waals surface area contributed by atoms with E-state index in [1.807, 2.05) is 77.4 Å². The zero-order valence-corrected chi connectivity index (χ0v) is 23.0. The molecule has 0 aliphatic carbocycles. The molecule has 0 saturated carbocycles. The molecule has 38 heavy (non-hydrogen) atoms. The van der Waals surface area contributed by atoms with E-state index >= 15 is 0 Å². The highest BCUT2D eigenvalue weighted by atomic mass is 35.5. The van der Waals surface area contributed by atoms with Crippen molar-refractivity contribution in [3.05, 3.63) is 111 Å². The summed E-state index contributed by atoms with van der Waals surface area (Å²) in [5.74, 6) is 1.34. The number of hydrogen-bond acceptors (Lipinski definition) is 7. The number of para-hydroxylation sites is 2. The summed E-state index contributed by atoms with van der Waals surface area (Å²) < 4.78 is 7.80. The van der Waals surface area contributed by atoms with E-state index in [0.717, 1.165) is 21.9 Å². The van der Waals surface area contributed by atoms with E-state index in [0.29, 0.717) is 32.6 Å². The molecule has 3 aromatic carbocycles. The van der Waals surface area contributed by atoms with Gasteiger partial charge in [-0.1, -0.05) is 77.4 Å². The van der Waals surface area contributed by atoms with E-state index in [-0.39, 0.29) is 18.3 Å². The third-order valence-electron chi connectivity index (χ3n) is 5.32. The third kappa shape index (κ3) is 6.73. The fraction of sp³-hybridized carbons (Fsp3) is 0.111. The summed E-state index contributed by atoms with van der Waals surface area (Å²) in [6.45, 7) is 0.236. The third-order valence-corrected chi connectivity index (χ3v) is 7.90. The number of benzene rings is 3. The molecule has 5 rings (SSSR count). The number of aromatic nitrogens is 4. The summed E-state index contributed by atoms with van der Waals surface area (Å²) in [6, 6.07) is 24.8. The molecule has 0 fully saturated rings. The van der Waals surface area contributed by atoms with Crippen molar-refractivity contribution in [2.24, 2.45) is 0 Å². The van der Waals surface area contributed by atoms with Crippen LogP contribution in [0.2, 0.25) is 10.0 Å². The highest BCUT2D eigenvalue weighted by Crippen LogP contribution is 2.27. The number of rotatable bonds is 10. The molecule has 11 heteroatoms. The van der Waals surface area contributed by atoms with E-state index in [4.69, 9.17) is 27.9 Å². The smallest absolute Gasteiger partial charge is 0.236 e. The van der Waals surface area contributed by atoms with E-state index in [2.05, 4.69) is 20.5 Å². The van der Waals surface area contributed by atoms with Crippen LogP contribution in [0.5, 0.6) is 5.75 Å². The topological polar surface area (TPSA) is 81.9 Å². The lowest BCUT2D eigenvalue weighted by Crippen LogP contribution is -2.14. The van der Waals surface area contributed by atoms with E-state index in [9.17, 15) is 4.79 Å². The van der Waals surface area contributed by atoms with Crippen LogP contribution >= 0.6 is 46.3 Å². The van der Waals surface area contributed by atoms with Gasteiger partial charge in [-0.05, 0) is 42.0 Å². The van der Waals surface area contributed by atoms with Gasteiger partial charge < -0.3 is 10.1 Å². The van der Waals surface area contributed by atoms with Crippen LogP contribution in [0, 0.1) is 0 Å². The van der Waals surface area contributed by atoms with Gasteiger partial charge in [0, 0.05) is 23.2 Å². The summed E-state index contributed by atoms with van der Waals surface area (Å²) in [6.07, 6.45) is 2.40. The standard InChI is InChI=1S/C27H21Cl2N5O2S2/c28-22-12-11-18(14-23(22)29)13-21-15-30-26(38-21)31-25(35)17-37-27-33-32-24(16-36-20-9-5-2-6-10-20)34(27)19-7-3-1-4-8-19/h1-12,14-15H,13,16-17H2,(H,30,31,35). The predicted octanol–water partition coefficient (Wildman–Crippen LogP) is 6.93. The Morgan fingerprint density at radius 2 is 1.74 bits per heavy atom. The molecule has 5 aromatic rings. The van der Waals surface area contributed by atoms with Crippen LogP contribution in [-0.2, 0) is 17.8 Å². The Labute approximate surface area is 237 Å². The highest BCUT2D eigenvalue weighted by molar-refractivity contribution is 7.99. The molecule has 0 bridgehead atoms. The maximum Gasteiger partial charge on any atom is 0.236 e. The van der Waals surface area contributed by atoms with Crippen molar-refractivity contribution in [1.29, 1.82) is 0 Å². The first-order valence-corrected chi connectivity index (χ1v) is 14.1. The van der Waals surface area contributed by atoms with Gasteiger partial charge in [0.1, 0.15) is 12.4 Å². The maximum atomic E-state index is 12.7. The summed E-state index contributed by atoms with van der Waals surface area (Å²) in [5, 5.41) is 13.7. The molecule has 7 nitrogen and oxygen atoms in total. The molecule has 0 spiro atoms. The number of thioether (sulfide) groups is 1. The number of amides is 1. The van der Waals surface area contributed by atoms with Gasteiger partial charge in [0.2, 0.25) is 5.91 Å². The Morgan fingerprint density at radius 3 is 2.50 bits per heavy atom. The monoisotopic (exact) mass is 581 g/mol. The minimum absolute atomic E-state index is 0.145. The molecule has 0 atom stereocenters. The largest absolute Gasteiger partial charge is 0.486 e. The van der Waals surface area contributed by atoms with Crippen LogP contribution in [0.4, 0.5) is 5.13 Å². The summed E-state index contributed by atoms with van der Waals surface area (Å²) in [4.78, 5) is 18.1. The Bertz CT molecular complexity index is 1530. The molecule has 0 aliphatic heterocycles. The zero-order chi connectivity index (χ0) is 26.3. The Kier molecular flexibility index (Phi) is 8.60. The second-order valence-corrected chi connectivity index (χ2v) is 10.9. The number of anilines is 1. The van der Waals surface area contributed by atoms with Gasteiger partial charge in [0.05, 0.1) is 15.8 Å². The fourth-order valence-electron chi connectivity index (χ4n) is 3.57. The SMILES string of the molecule is O=C(CSc1nnc(COc2ccccc2)n1-c1ccccc1)Nc1ncc(Cc2ccc(Cl)c(Cl)c2)s1.